The Morgan fingerprint density at radius 1 is 0.969 bits per heavy atom. The second-order valence-electron chi connectivity index (χ2n) is 10.1. The summed E-state index contributed by atoms with van der Waals surface area (Å²) in [5.41, 5.74) is 0.749. The third-order valence-electron chi connectivity index (χ3n) is 8.11. The molecule has 4 rings (SSSR count). The Morgan fingerprint density at radius 2 is 1.75 bits per heavy atom. The first-order valence-electron chi connectivity index (χ1n) is 12.5. The summed E-state index contributed by atoms with van der Waals surface area (Å²) in [5, 5.41) is 0.788. The maximum Gasteiger partial charge on any atom is 0.340 e. The predicted octanol–water partition coefficient (Wildman–Crippen LogP) is 8.18. The largest absolute Gasteiger partial charge is 0.465 e. The standard InChI is InChI=1S/C28H36F2O2/c1-3-4-5-6-7-18-8-9-20-15-21(11-10-19(20)14-18)22-12-13-23-17-25(28(31)32-2)27(30)26(29)24(23)16-22/h12-13,16-21H,3-11,14-15H2,1-2H3. The lowest BCUT2D eigenvalue weighted by atomic mass is 9.63. The Kier molecular flexibility index (Phi) is 7.48. The molecule has 0 amide bonds. The van der Waals surface area contributed by atoms with Crippen molar-refractivity contribution in [3.63, 3.8) is 0 Å². The molecule has 2 aliphatic carbocycles. The van der Waals surface area contributed by atoms with E-state index in [-0.39, 0.29) is 10.9 Å². The number of fused-ring (bicyclic) bond motifs is 2. The number of benzene rings is 2. The number of esters is 1. The van der Waals surface area contributed by atoms with Crippen LogP contribution in [0.15, 0.2) is 24.3 Å². The highest BCUT2D eigenvalue weighted by atomic mass is 19.2. The minimum Gasteiger partial charge on any atom is -0.465 e. The first-order valence-corrected chi connectivity index (χ1v) is 12.5. The van der Waals surface area contributed by atoms with Crippen LogP contribution in [-0.2, 0) is 4.74 Å². The zero-order chi connectivity index (χ0) is 22.7. The quantitative estimate of drug-likeness (QED) is 0.319. The number of hydrogen-bond donors (Lipinski definition) is 0. The Labute approximate surface area is 190 Å². The number of carbonyl (C=O) groups is 1. The van der Waals surface area contributed by atoms with Crippen LogP contribution in [0.3, 0.4) is 0 Å². The zero-order valence-corrected chi connectivity index (χ0v) is 19.5. The fourth-order valence-corrected chi connectivity index (χ4v) is 6.27. The van der Waals surface area contributed by atoms with Crippen LogP contribution in [0, 0.1) is 29.4 Å². The zero-order valence-electron chi connectivity index (χ0n) is 19.5. The summed E-state index contributed by atoms with van der Waals surface area (Å²) in [6.07, 6.45) is 14.4. The van der Waals surface area contributed by atoms with Crippen molar-refractivity contribution in [1.82, 2.24) is 0 Å². The molecule has 0 N–H and O–H groups in total. The van der Waals surface area contributed by atoms with Crippen LogP contribution in [0.1, 0.15) is 99.4 Å². The van der Waals surface area contributed by atoms with Crippen molar-refractivity contribution in [3.05, 3.63) is 47.0 Å². The SMILES string of the molecule is CCCCCCC1CCC2CC(c3ccc4cc(C(=O)OC)c(F)c(F)c4c3)CCC2C1. The third kappa shape index (κ3) is 4.84. The summed E-state index contributed by atoms with van der Waals surface area (Å²) >= 11 is 0. The second-order valence-corrected chi connectivity index (χ2v) is 10.1. The molecule has 0 aromatic heterocycles. The van der Waals surface area contributed by atoms with E-state index in [2.05, 4.69) is 11.7 Å². The van der Waals surface area contributed by atoms with Crippen LogP contribution in [0.5, 0.6) is 0 Å². The number of carbonyl (C=O) groups excluding carboxylic acids is 1. The molecular formula is C28H36F2O2. The summed E-state index contributed by atoms with van der Waals surface area (Å²) in [6.45, 7) is 2.27. The van der Waals surface area contributed by atoms with Crippen molar-refractivity contribution in [2.24, 2.45) is 17.8 Å². The fraction of sp³-hybridized carbons (Fsp3) is 0.607. The maximum atomic E-state index is 14.8. The van der Waals surface area contributed by atoms with Crippen LogP contribution in [0.4, 0.5) is 8.78 Å². The molecule has 2 aromatic rings. The highest BCUT2D eigenvalue weighted by Gasteiger charge is 2.36. The molecule has 2 aliphatic rings. The van der Waals surface area contributed by atoms with E-state index in [4.69, 9.17) is 0 Å². The summed E-state index contributed by atoms with van der Waals surface area (Å²) in [4.78, 5) is 11.8. The first-order chi connectivity index (χ1) is 15.5. The highest BCUT2D eigenvalue weighted by Crippen LogP contribution is 2.48. The predicted molar refractivity (Wildman–Crippen MR) is 125 cm³/mol. The van der Waals surface area contributed by atoms with E-state index in [0.29, 0.717) is 11.3 Å². The van der Waals surface area contributed by atoms with Crippen molar-refractivity contribution in [3.8, 4) is 0 Å². The van der Waals surface area contributed by atoms with E-state index >= 15 is 0 Å². The van der Waals surface area contributed by atoms with Gasteiger partial charge in [-0.25, -0.2) is 13.6 Å². The van der Waals surface area contributed by atoms with Crippen LogP contribution < -0.4 is 0 Å². The molecule has 0 saturated heterocycles. The highest BCUT2D eigenvalue weighted by molar-refractivity contribution is 5.96. The van der Waals surface area contributed by atoms with Gasteiger partial charge in [0.25, 0.3) is 0 Å². The van der Waals surface area contributed by atoms with Gasteiger partial charge >= 0.3 is 5.97 Å². The molecule has 4 heteroatoms. The molecule has 2 saturated carbocycles. The first kappa shape index (κ1) is 23.2. The van der Waals surface area contributed by atoms with Gasteiger partial charge in [0.2, 0.25) is 0 Å². The molecule has 2 fully saturated rings. The van der Waals surface area contributed by atoms with Gasteiger partial charge in [-0.3, -0.25) is 0 Å². The summed E-state index contributed by atoms with van der Waals surface area (Å²) in [5.74, 6) is -0.0138. The minimum atomic E-state index is -1.12. The summed E-state index contributed by atoms with van der Waals surface area (Å²) in [6, 6.07) is 7.05. The smallest absolute Gasteiger partial charge is 0.340 e. The minimum absolute atomic E-state index is 0.255. The lowest BCUT2D eigenvalue weighted by Crippen LogP contribution is -2.30. The van der Waals surface area contributed by atoms with E-state index in [9.17, 15) is 13.6 Å². The molecule has 174 valence electrons. The van der Waals surface area contributed by atoms with Gasteiger partial charge in [0, 0.05) is 5.39 Å². The number of halogens is 2. The third-order valence-corrected chi connectivity index (χ3v) is 8.11. The molecule has 0 bridgehead atoms. The molecule has 0 aliphatic heterocycles. The van der Waals surface area contributed by atoms with Gasteiger partial charge in [-0.1, -0.05) is 57.6 Å². The Morgan fingerprint density at radius 3 is 2.53 bits per heavy atom. The van der Waals surface area contributed by atoms with Crippen molar-refractivity contribution in [2.75, 3.05) is 7.11 Å². The monoisotopic (exact) mass is 442 g/mol. The molecule has 32 heavy (non-hydrogen) atoms. The molecule has 2 aromatic carbocycles. The van der Waals surface area contributed by atoms with Gasteiger partial charge in [0.05, 0.1) is 12.7 Å². The van der Waals surface area contributed by atoms with Crippen molar-refractivity contribution >= 4 is 16.7 Å². The Balaban J connectivity index is 1.44. The Hall–Kier alpha value is -1.97. The van der Waals surface area contributed by atoms with E-state index < -0.39 is 17.6 Å². The normalized spacial score (nSPS) is 25.5. The molecule has 0 radical (unpaired) electrons. The molecule has 4 unspecified atom stereocenters. The van der Waals surface area contributed by atoms with Crippen molar-refractivity contribution in [1.29, 1.82) is 0 Å². The topological polar surface area (TPSA) is 26.3 Å². The van der Waals surface area contributed by atoms with E-state index in [0.717, 1.165) is 36.2 Å². The number of hydrogen-bond acceptors (Lipinski definition) is 2. The average molecular weight is 443 g/mol. The molecule has 4 atom stereocenters. The Bertz CT molecular complexity index is 954. The number of methoxy groups -OCH3 is 1. The molecule has 0 heterocycles. The van der Waals surface area contributed by atoms with Gasteiger partial charge < -0.3 is 4.74 Å². The summed E-state index contributed by atoms with van der Waals surface area (Å²) in [7, 11) is 1.17. The second kappa shape index (κ2) is 10.3. The van der Waals surface area contributed by atoms with Gasteiger partial charge in [0.15, 0.2) is 11.6 Å². The molecule has 2 nitrogen and oxygen atoms in total. The van der Waals surface area contributed by atoms with Gasteiger partial charge in [0.1, 0.15) is 0 Å². The lowest BCUT2D eigenvalue weighted by molar-refractivity contribution is 0.0594. The van der Waals surface area contributed by atoms with Crippen LogP contribution in [0.25, 0.3) is 10.8 Å². The molecule has 0 spiro atoms. The van der Waals surface area contributed by atoms with Crippen molar-refractivity contribution in [2.45, 2.75) is 83.5 Å². The molecular weight excluding hydrogens is 406 g/mol. The van der Waals surface area contributed by atoms with E-state index in [1.807, 2.05) is 12.1 Å². The average Bonchev–Trinajstić information content (AvgIpc) is 2.83. The number of unbranched alkanes of at least 4 members (excludes halogenated alkanes) is 3. The fourth-order valence-electron chi connectivity index (χ4n) is 6.27. The lowest BCUT2D eigenvalue weighted by Gasteiger charge is -2.42. The van der Waals surface area contributed by atoms with E-state index in [1.54, 1.807) is 6.07 Å². The van der Waals surface area contributed by atoms with Gasteiger partial charge in [-0.05, 0) is 78.9 Å². The van der Waals surface area contributed by atoms with Crippen LogP contribution in [-0.4, -0.2) is 13.1 Å². The van der Waals surface area contributed by atoms with Crippen LogP contribution in [0.2, 0.25) is 0 Å². The van der Waals surface area contributed by atoms with Crippen LogP contribution >= 0.6 is 0 Å². The summed E-state index contributed by atoms with van der Waals surface area (Å²) < 4.78 is 33.8. The van der Waals surface area contributed by atoms with Gasteiger partial charge in [-0.15, -0.1) is 0 Å². The van der Waals surface area contributed by atoms with E-state index in [1.165, 1.54) is 71.0 Å². The van der Waals surface area contributed by atoms with Gasteiger partial charge in [-0.2, -0.15) is 0 Å². The maximum absolute atomic E-state index is 14.8. The van der Waals surface area contributed by atoms with Crippen molar-refractivity contribution < 1.29 is 18.3 Å². The number of ether oxygens (including phenoxy) is 1. The number of rotatable bonds is 7.